The standard InChI is InChI=1S/C13H15N3O4/c1-20-6-5-15-7-10(17)16-12(18)8-3-2-4-9(14)11(8)13(16)19/h2-4,15H,5-7,14H2,1H3. The molecule has 3 amide bonds. The van der Waals surface area contributed by atoms with Crippen LogP contribution < -0.4 is 11.1 Å². The molecule has 1 aliphatic heterocycles. The highest BCUT2D eigenvalue weighted by Crippen LogP contribution is 2.27. The van der Waals surface area contributed by atoms with E-state index in [1.165, 1.54) is 19.2 Å². The fraction of sp³-hybridized carbons (Fsp3) is 0.308. The SMILES string of the molecule is COCCNCC(=O)N1C(=O)c2cccc(N)c2C1=O. The van der Waals surface area contributed by atoms with E-state index in [9.17, 15) is 14.4 Å². The third-order valence-corrected chi connectivity index (χ3v) is 2.96. The van der Waals surface area contributed by atoms with Crippen molar-refractivity contribution < 1.29 is 19.1 Å². The van der Waals surface area contributed by atoms with Crippen molar-refractivity contribution in [3.63, 3.8) is 0 Å². The molecule has 1 heterocycles. The number of nitrogens with two attached hydrogens (primary N) is 1. The summed E-state index contributed by atoms with van der Waals surface area (Å²) in [7, 11) is 1.54. The zero-order chi connectivity index (χ0) is 14.7. The van der Waals surface area contributed by atoms with Gasteiger partial charge in [0.2, 0.25) is 0 Å². The van der Waals surface area contributed by atoms with Crippen LogP contribution in [0.2, 0.25) is 0 Å². The molecule has 0 saturated heterocycles. The Bertz CT molecular complexity index is 571. The molecule has 20 heavy (non-hydrogen) atoms. The van der Waals surface area contributed by atoms with Gasteiger partial charge in [-0.05, 0) is 12.1 Å². The summed E-state index contributed by atoms with van der Waals surface area (Å²) in [5.41, 5.74) is 6.15. The summed E-state index contributed by atoms with van der Waals surface area (Å²) in [5.74, 6) is -1.90. The van der Waals surface area contributed by atoms with Gasteiger partial charge in [0.15, 0.2) is 0 Å². The van der Waals surface area contributed by atoms with Gasteiger partial charge in [-0.1, -0.05) is 6.07 Å². The molecule has 0 atom stereocenters. The van der Waals surface area contributed by atoms with Crippen LogP contribution in [0, 0.1) is 0 Å². The number of anilines is 1. The van der Waals surface area contributed by atoms with Crippen molar-refractivity contribution in [1.29, 1.82) is 0 Å². The van der Waals surface area contributed by atoms with Crippen molar-refractivity contribution in [2.75, 3.05) is 32.5 Å². The Hall–Kier alpha value is -2.25. The molecule has 0 radical (unpaired) electrons. The second kappa shape index (κ2) is 5.81. The lowest BCUT2D eigenvalue weighted by Gasteiger charge is -2.12. The average molecular weight is 277 g/mol. The van der Waals surface area contributed by atoms with E-state index in [0.717, 1.165) is 0 Å². The largest absolute Gasteiger partial charge is 0.398 e. The Morgan fingerprint density at radius 2 is 2.10 bits per heavy atom. The smallest absolute Gasteiger partial charge is 0.270 e. The molecule has 106 valence electrons. The second-order valence-corrected chi connectivity index (χ2v) is 4.28. The lowest BCUT2D eigenvalue weighted by Crippen LogP contribution is -2.42. The normalized spacial score (nSPS) is 13.8. The Kier molecular flexibility index (Phi) is 4.11. The van der Waals surface area contributed by atoms with E-state index in [1.54, 1.807) is 6.07 Å². The number of ether oxygens (including phenoxy) is 1. The molecule has 1 aromatic carbocycles. The third kappa shape index (κ3) is 2.40. The summed E-state index contributed by atoms with van der Waals surface area (Å²) in [6.07, 6.45) is 0. The number of nitrogens with zero attached hydrogens (tertiary/aromatic N) is 1. The van der Waals surface area contributed by atoms with Crippen molar-refractivity contribution in [3.05, 3.63) is 29.3 Å². The van der Waals surface area contributed by atoms with Gasteiger partial charge in [0.1, 0.15) is 0 Å². The molecule has 7 heteroatoms. The molecule has 0 aliphatic carbocycles. The summed E-state index contributed by atoms with van der Waals surface area (Å²) in [5, 5.41) is 2.79. The molecule has 0 unspecified atom stereocenters. The number of benzene rings is 1. The minimum atomic E-state index is -0.665. The first-order valence-electron chi connectivity index (χ1n) is 6.07. The highest BCUT2D eigenvalue weighted by Gasteiger charge is 2.40. The number of rotatable bonds is 5. The Morgan fingerprint density at radius 1 is 1.35 bits per heavy atom. The lowest BCUT2D eigenvalue weighted by atomic mass is 10.1. The molecule has 2 rings (SSSR count). The van der Waals surface area contributed by atoms with Gasteiger partial charge in [-0.3, -0.25) is 14.4 Å². The second-order valence-electron chi connectivity index (χ2n) is 4.28. The monoisotopic (exact) mass is 277 g/mol. The number of methoxy groups -OCH3 is 1. The number of imide groups is 3. The summed E-state index contributed by atoms with van der Waals surface area (Å²) in [6.45, 7) is 0.768. The highest BCUT2D eigenvalue weighted by atomic mass is 16.5. The van der Waals surface area contributed by atoms with Gasteiger partial charge >= 0.3 is 0 Å². The van der Waals surface area contributed by atoms with Gasteiger partial charge in [-0.2, -0.15) is 0 Å². The van der Waals surface area contributed by atoms with Crippen molar-refractivity contribution in [2.45, 2.75) is 0 Å². The maximum absolute atomic E-state index is 12.1. The van der Waals surface area contributed by atoms with Crippen LogP contribution in [0.25, 0.3) is 0 Å². The molecule has 1 aliphatic rings. The van der Waals surface area contributed by atoms with E-state index in [1.807, 2.05) is 0 Å². The van der Waals surface area contributed by atoms with Gasteiger partial charge < -0.3 is 15.8 Å². The van der Waals surface area contributed by atoms with E-state index >= 15 is 0 Å². The van der Waals surface area contributed by atoms with Crippen LogP contribution in [0.15, 0.2) is 18.2 Å². The number of hydrogen-bond donors (Lipinski definition) is 2. The number of nitrogen functional groups attached to an aromatic ring is 1. The predicted molar refractivity (Wildman–Crippen MR) is 71.1 cm³/mol. The van der Waals surface area contributed by atoms with E-state index in [-0.39, 0.29) is 23.4 Å². The Labute approximate surface area is 115 Å². The fourth-order valence-corrected chi connectivity index (χ4v) is 1.99. The number of hydrogen-bond acceptors (Lipinski definition) is 6. The fourth-order valence-electron chi connectivity index (χ4n) is 1.99. The summed E-state index contributed by atoms with van der Waals surface area (Å²) in [6, 6.07) is 4.58. The van der Waals surface area contributed by atoms with Gasteiger partial charge in [-0.15, -0.1) is 0 Å². The van der Waals surface area contributed by atoms with Crippen LogP contribution in [-0.4, -0.2) is 49.4 Å². The Balaban J connectivity index is 2.12. The van der Waals surface area contributed by atoms with Crippen LogP contribution in [0.4, 0.5) is 5.69 Å². The maximum atomic E-state index is 12.1. The van der Waals surface area contributed by atoms with Crippen molar-refractivity contribution in [1.82, 2.24) is 10.2 Å². The molecule has 0 bridgehead atoms. The zero-order valence-electron chi connectivity index (χ0n) is 11.0. The van der Waals surface area contributed by atoms with Crippen LogP contribution in [-0.2, 0) is 9.53 Å². The molecule has 0 aromatic heterocycles. The van der Waals surface area contributed by atoms with Crippen molar-refractivity contribution in [3.8, 4) is 0 Å². The summed E-state index contributed by atoms with van der Waals surface area (Å²) in [4.78, 5) is 36.8. The van der Waals surface area contributed by atoms with Crippen molar-refractivity contribution >= 4 is 23.4 Å². The van der Waals surface area contributed by atoms with Crippen LogP contribution in [0.3, 0.4) is 0 Å². The molecule has 1 aromatic rings. The first-order chi connectivity index (χ1) is 9.57. The van der Waals surface area contributed by atoms with Gasteiger partial charge in [0.05, 0.1) is 24.3 Å². The van der Waals surface area contributed by atoms with Gasteiger partial charge in [0.25, 0.3) is 17.7 Å². The minimum Gasteiger partial charge on any atom is -0.398 e. The number of carbonyl (C=O) groups is 3. The van der Waals surface area contributed by atoms with E-state index in [0.29, 0.717) is 18.1 Å². The molecule has 0 fully saturated rings. The van der Waals surface area contributed by atoms with Gasteiger partial charge in [-0.25, -0.2) is 4.90 Å². The first kappa shape index (κ1) is 14.2. The number of nitrogens with one attached hydrogen (secondary N) is 1. The summed E-state index contributed by atoms with van der Waals surface area (Å²) >= 11 is 0. The van der Waals surface area contributed by atoms with Crippen LogP contribution >= 0.6 is 0 Å². The van der Waals surface area contributed by atoms with E-state index < -0.39 is 17.7 Å². The zero-order valence-corrected chi connectivity index (χ0v) is 11.0. The molecular formula is C13H15N3O4. The van der Waals surface area contributed by atoms with Crippen LogP contribution in [0.5, 0.6) is 0 Å². The average Bonchev–Trinajstić information content (AvgIpc) is 2.68. The van der Waals surface area contributed by atoms with E-state index in [4.69, 9.17) is 10.5 Å². The summed E-state index contributed by atoms with van der Waals surface area (Å²) < 4.78 is 4.82. The molecular weight excluding hydrogens is 262 g/mol. The molecule has 0 saturated carbocycles. The van der Waals surface area contributed by atoms with E-state index in [2.05, 4.69) is 5.32 Å². The number of amides is 3. The third-order valence-electron chi connectivity index (χ3n) is 2.96. The molecule has 7 nitrogen and oxygen atoms in total. The quantitative estimate of drug-likeness (QED) is 0.432. The van der Waals surface area contributed by atoms with Crippen molar-refractivity contribution in [2.24, 2.45) is 0 Å². The lowest BCUT2D eigenvalue weighted by molar-refractivity contribution is -0.125. The number of fused-ring (bicyclic) bond motifs is 1. The number of carbonyl (C=O) groups excluding carboxylic acids is 3. The van der Waals surface area contributed by atoms with Gasteiger partial charge in [0, 0.05) is 19.3 Å². The predicted octanol–water partition coefficient (Wildman–Crippen LogP) is -0.373. The first-order valence-corrected chi connectivity index (χ1v) is 6.07. The van der Waals surface area contributed by atoms with Crippen LogP contribution in [0.1, 0.15) is 20.7 Å². The molecule has 3 N–H and O–H groups in total. The minimum absolute atomic E-state index is 0.0998. The topological polar surface area (TPSA) is 102 Å². The molecule has 0 spiro atoms. The highest BCUT2D eigenvalue weighted by molar-refractivity contribution is 6.30. The Morgan fingerprint density at radius 3 is 2.75 bits per heavy atom. The maximum Gasteiger partial charge on any atom is 0.270 e.